The Labute approximate surface area is 174 Å². The third kappa shape index (κ3) is 3.70. The van der Waals surface area contributed by atoms with E-state index in [4.69, 9.17) is 0 Å². The number of hydrogen-bond acceptors (Lipinski definition) is 2. The van der Waals surface area contributed by atoms with Gasteiger partial charge in [-0.2, -0.15) is 0 Å². The standard InChI is InChI=1S/C26H47NO/c1-25-15-13-19(8-6-5-7-17-27(3)4)18-20(25)9-10-21-22-11-12-24(28)26(22,2)16-14-23(21)25/h19-24,28H,5-18H2,1-4H3/t19?,20?,21?,22?,23?,24-,25-,26-/m0/s1. The molecule has 4 saturated carbocycles. The van der Waals surface area contributed by atoms with Gasteiger partial charge in [-0.3, -0.25) is 0 Å². The van der Waals surface area contributed by atoms with Gasteiger partial charge in [-0.05, 0) is 125 Å². The molecule has 4 aliphatic carbocycles. The molecule has 2 nitrogen and oxygen atoms in total. The van der Waals surface area contributed by atoms with Gasteiger partial charge in [-0.15, -0.1) is 0 Å². The van der Waals surface area contributed by atoms with Gasteiger partial charge in [0.15, 0.2) is 0 Å². The molecular weight excluding hydrogens is 342 g/mol. The van der Waals surface area contributed by atoms with E-state index in [-0.39, 0.29) is 11.5 Å². The first-order valence-corrected chi connectivity index (χ1v) is 12.7. The quantitative estimate of drug-likeness (QED) is 0.552. The first-order chi connectivity index (χ1) is 13.3. The van der Waals surface area contributed by atoms with Gasteiger partial charge in [0.05, 0.1) is 6.10 Å². The molecule has 2 heteroatoms. The molecule has 0 amide bonds. The summed E-state index contributed by atoms with van der Waals surface area (Å²) in [6, 6.07) is 0. The zero-order valence-corrected chi connectivity index (χ0v) is 19.3. The molecule has 0 aromatic carbocycles. The SMILES string of the molecule is CN(C)CCCCCC1CC[C@@]2(C)C(CCC3C2CC[C@@]2(C)C3CC[C@@H]2O)C1. The Balaban J connectivity index is 1.33. The molecule has 0 aromatic rings. The van der Waals surface area contributed by atoms with Crippen molar-refractivity contribution < 1.29 is 5.11 Å². The minimum Gasteiger partial charge on any atom is -0.393 e. The molecule has 8 atom stereocenters. The van der Waals surface area contributed by atoms with E-state index in [0.717, 1.165) is 36.0 Å². The van der Waals surface area contributed by atoms with Crippen LogP contribution in [-0.4, -0.2) is 36.8 Å². The van der Waals surface area contributed by atoms with Gasteiger partial charge >= 0.3 is 0 Å². The average molecular weight is 390 g/mol. The van der Waals surface area contributed by atoms with E-state index in [1.54, 1.807) is 0 Å². The Bertz CT molecular complexity index is 533. The van der Waals surface area contributed by atoms with Crippen LogP contribution in [0.2, 0.25) is 0 Å². The van der Waals surface area contributed by atoms with Crippen LogP contribution >= 0.6 is 0 Å². The third-order valence-electron chi connectivity index (χ3n) is 10.4. The lowest BCUT2D eigenvalue weighted by Crippen LogP contribution is -2.54. The van der Waals surface area contributed by atoms with E-state index in [2.05, 4.69) is 32.8 Å². The summed E-state index contributed by atoms with van der Waals surface area (Å²) in [5.74, 6) is 4.69. The van der Waals surface area contributed by atoms with Crippen LogP contribution in [0.25, 0.3) is 0 Å². The Hall–Kier alpha value is -0.0800. The van der Waals surface area contributed by atoms with E-state index >= 15 is 0 Å². The second-order valence-corrected chi connectivity index (χ2v) is 12.1. The lowest BCUT2D eigenvalue weighted by Gasteiger charge is -2.61. The first kappa shape index (κ1) is 21.2. The van der Waals surface area contributed by atoms with Crippen LogP contribution in [0.15, 0.2) is 0 Å². The third-order valence-corrected chi connectivity index (χ3v) is 10.4. The highest BCUT2D eigenvalue weighted by Crippen LogP contribution is 2.66. The molecule has 28 heavy (non-hydrogen) atoms. The zero-order valence-electron chi connectivity index (χ0n) is 19.3. The smallest absolute Gasteiger partial charge is 0.0596 e. The largest absolute Gasteiger partial charge is 0.393 e. The normalized spacial score (nSPS) is 48.2. The molecule has 0 bridgehead atoms. The van der Waals surface area contributed by atoms with Crippen molar-refractivity contribution in [1.82, 2.24) is 4.90 Å². The van der Waals surface area contributed by atoms with Crippen molar-refractivity contribution in [3.05, 3.63) is 0 Å². The number of rotatable bonds is 6. The minimum atomic E-state index is -0.0211. The fourth-order valence-electron chi connectivity index (χ4n) is 8.62. The molecule has 5 unspecified atom stereocenters. The van der Waals surface area contributed by atoms with Crippen molar-refractivity contribution in [3.8, 4) is 0 Å². The Morgan fingerprint density at radius 2 is 1.57 bits per heavy atom. The van der Waals surface area contributed by atoms with Gasteiger partial charge in [-0.25, -0.2) is 0 Å². The van der Waals surface area contributed by atoms with Crippen LogP contribution in [0, 0.1) is 40.4 Å². The van der Waals surface area contributed by atoms with Crippen molar-refractivity contribution in [3.63, 3.8) is 0 Å². The summed E-state index contributed by atoms with van der Waals surface area (Å²) in [6.45, 7) is 6.37. The predicted molar refractivity (Wildman–Crippen MR) is 118 cm³/mol. The maximum atomic E-state index is 10.7. The van der Waals surface area contributed by atoms with Crippen molar-refractivity contribution in [2.24, 2.45) is 40.4 Å². The lowest BCUT2D eigenvalue weighted by atomic mass is 9.44. The lowest BCUT2D eigenvalue weighted by molar-refractivity contribution is -0.127. The van der Waals surface area contributed by atoms with E-state index in [0.29, 0.717) is 5.41 Å². The van der Waals surface area contributed by atoms with Crippen molar-refractivity contribution >= 4 is 0 Å². The number of nitrogens with zero attached hydrogens (tertiary/aromatic N) is 1. The van der Waals surface area contributed by atoms with E-state index < -0.39 is 0 Å². The maximum absolute atomic E-state index is 10.7. The van der Waals surface area contributed by atoms with Crippen LogP contribution in [-0.2, 0) is 0 Å². The van der Waals surface area contributed by atoms with E-state index in [1.807, 2.05) is 0 Å². The van der Waals surface area contributed by atoms with Gasteiger partial charge < -0.3 is 10.0 Å². The maximum Gasteiger partial charge on any atom is 0.0596 e. The number of unbranched alkanes of at least 4 members (excludes halogenated alkanes) is 2. The highest BCUT2D eigenvalue weighted by Gasteiger charge is 2.59. The number of aliphatic hydroxyl groups is 1. The second-order valence-electron chi connectivity index (χ2n) is 12.1. The minimum absolute atomic E-state index is 0.0211. The zero-order chi connectivity index (χ0) is 19.9. The van der Waals surface area contributed by atoms with E-state index in [1.165, 1.54) is 83.6 Å². The average Bonchev–Trinajstić information content (AvgIpc) is 2.96. The highest BCUT2D eigenvalue weighted by atomic mass is 16.3. The summed E-state index contributed by atoms with van der Waals surface area (Å²) >= 11 is 0. The van der Waals surface area contributed by atoms with Crippen LogP contribution in [0.4, 0.5) is 0 Å². The Morgan fingerprint density at radius 3 is 2.36 bits per heavy atom. The van der Waals surface area contributed by atoms with Gasteiger partial charge in [0.25, 0.3) is 0 Å². The molecule has 0 spiro atoms. The summed E-state index contributed by atoms with van der Waals surface area (Å²) in [6.07, 6.45) is 18.2. The van der Waals surface area contributed by atoms with Crippen molar-refractivity contribution in [1.29, 1.82) is 0 Å². The topological polar surface area (TPSA) is 23.5 Å². The predicted octanol–water partition coefficient (Wildman–Crippen LogP) is 6.13. The molecule has 0 heterocycles. The van der Waals surface area contributed by atoms with Gasteiger partial charge in [0.2, 0.25) is 0 Å². The van der Waals surface area contributed by atoms with Crippen LogP contribution < -0.4 is 0 Å². The number of aliphatic hydroxyl groups excluding tert-OH is 1. The summed E-state index contributed by atoms with van der Waals surface area (Å²) in [5.41, 5.74) is 0.854. The molecule has 0 aliphatic heterocycles. The second kappa shape index (κ2) is 8.22. The number of fused-ring (bicyclic) bond motifs is 5. The van der Waals surface area contributed by atoms with E-state index in [9.17, 15) is 5.11 Å². The van der Waals surface area contributed by atoms with Crippen molar-refractivity contribution in [2.45, 2.75) is 103 Å². The molecule has 0 radical (unpaired) electrons. The summed E-state index contributed by atoms with van der Waals surface area (Å²) in [7, 11) is 4.39. The summed E-state index contributed by atoms with van der Waals surface area (Å²) in [5, 5.41) is 10.7. The number of hydrogen-bond donors (Lipinski definition) is 1. The van der Waals surface area contributed by atoms with Gasteiger partial charge in [-0.1, -0.05) is 33.1 Å². The Morgan fingerprint density at radius 1 is 0.821 bits per heavy atom. The van der Waals surface area contributed by atoms with Gasteiger partial charge in [0, 0.05) is 0 Å². The summed E-state index contributed by atoms with van der Waals surface area (Å²) in [4.78, 5) is 2.32. The van der Waals surface area contributed by atoms with Crippen molar-refractivity contribution in [2.75, 3.05) is 20.6 Å². The Kier molecular flexibility index (Phi) is 6.21. The fraction of sp³-hybridized carbons (Fsp3) is 1.00. The molecular formula is C26H47NO. The molecule has 4 fully saturated rings. The first-order valence-electron chi connectivity index (χ1n) is 12.7. The molecule has 1 N–H and O–H groups in total. The molecule has 4 aliphatic rings. The molecule has 0 aromatic heterocycles. The van der Waals surface area contributed by atoms with Crippen LogP contribution in [0.3, 0.4) is 0 Å². The van der Waals surface area contributed by atoms with Crippen LogP contribution in [0.5, 0.6) is 0 Å². The highest BCUT2D eigenvalue weighted by molar-refractivity contribution is 5.09. The summed E-state index contributed by atoms with van der Waals surface area (Å²) < 4.78 is 0. The van der Waals surface area contributed by atoms with Crippen LogP contribution in [0.1, 0.15) is 97.3 Å². The molecule has 162 valence electrons. The van der Waals surface area contributed by atoms with Gasteiger partial charge in [0.1, 0.15) is 0 Å². The molecule has 0 saturated heterocycles. The molecule has 4 rings (SSSR count). The monoisotopic (exact) mass is 389 g/mol. The fourth-order valence-corrected chi connectivity index (χ4v) is 8.62.